The van der Waals surface area contributed by atoms with Crippen molar-refractivity contribution in [3.8, 4) is 5.75 Å². The molecule has 4 aromatic carbocycles. The molecule has 0 saturated carbocycles. The van der Waals surface area contributed by atoms with Crippen LogP contribution in [0, 0.1) is 0 Å². The number of methoxy groups -OCH3 is 1. The molecule has 2 heterocycles. The monoisotopic (exact) mass is 719 g/mol. The molecule has 4 aromatic rings. The van der Waals surface area contributed by atoms with Gasteiger partial charge < -0.3 is 19.7 Å². The van der Waals surface area contributed by atoms with Crippen molar-refractivity contribution in [2.45, 2.75) is 21.8 Å². The summed E-state index contributed by atoms with van der Waals surface area (Å²) in [5.74, 6) is -1.06. The molecule has 11 heteroatoms. The third kappa shape index (κ3) is 5.90. The molecule has 0 spiro atoms. The Labute approximate surface area is 279 Å². The van der Waals surface area contributed by atoms with Crippen molar-refractivity contribution in [1.29, 1.82) is 0 Å². The van der Waals surface area contributed by atoms with Gasteiger partial charge in [-0.25, -0.2) is 4.79 Å². The van der Waals surface area contributed by atoms with Crippen molar-refractivity contribution < 1.29 is 28.1 Å². The lowest BCUT2D eigenvalue weighted by Crippen LogP contribution is -2.82. The topological polar surface area (TPSA) is 102 Å². The van der Waals surface area contributed by atoms with Crippen LogP contribution in [0.25, 0.3) is 0 Å². The van der Waals surface area contributed by atoms with E-state index in [0.29, 0.717) is 11.9 Å². The second-order valence-corrected chi connectivity index (χ2v) is 17.8. The largest absolute Gasteiger partial charge is 0.484 e. The second kappa shape index (κ2) is 13.5. The first-order valence-corrected chi connectivity index (χ1v) is 18.9. The lowest BCUT2D eigenvalue weighted by molar-refractivity contribution is -0.165. The van der Waals surface area contributed by atoms with E-state index in [-0.39, 0.29) is 12.4 Å². The van der Waals surface area contributed by atoms with Crippen molar-refractivity contribution in [3.05, 3.63) is 121 Å². The maximum absolute atomic E-state index is 14.1. The van der Waals surface area contributed by atoms with E-state index in [1.54, 1.807) is 24.3 Å². The normalized spacial score (nSPS) is 23.9. The molecule has 2 aliphatic rings. The van der Waals surface area contributed by atoms with Gasteiger partial charge in [-0.3, -0.25) is 13.8 Å². The lowest BCUT2D eigenvalue weighted by Gasteiger charge is -2.56. The number of nitrogens with zero attached hydrogens (tertiary/aromatic N) is 1. The predicted octanol–water partition coefficient (Wildman–Crippen LogP) is 3.15. The number of nitrogens with one attached hydrogen (secondary N) is 1. The maximum Gasteiger partial charge on any atom is 0.330 e. The van der Waals surface area contributed by atoms with Crippen molar-refractivity contribution in [1.82, 2.24) is 10.2 Å². The number of esters is 1. The highest BCUT2D eigenvalue weighted by atomic mass is 79.9. The first-order valence-electron chi connectivity index (χ1n) is 14.8. The molecular formula is C35H33BrN2O6PS+. The van der Waals surface area contributed by atoms with Gasteiger partial charge in [0.25, 0.3) is 5.91 Å². The molecule has 8 nitrogen and oxygen atoms in total. The zero-order valence-corrected chi connectivity index (χ0v) is 28.3. The molecule has 2 fully saturated rings. The van der Waals surface area contributed by atoms with Crippen LogP contribution >= 0.6 is 23.2 Å². The molecule has 5 atom stereocenters. The Morgan fingerprint density at radius 1 is 0.870 bits per heavy atom. The summed E-state index contributed by atoms with van der Waals surface area (Å²) in [5.41, 5.74) is 0. The number of ether oxygens (including phenoxy) is 2. The molecule has 2 saturated heterocycles. The fourth-order valence-corrected chi connectivity index (χ4v) is 15.2. The van der Waals surface area contributed by atoms with Crippen LogP contribution in [-0.4, -0.2) is 74.3 Å². The average molecular weight is 721 g/mol. The summed E-state index contributed by atoms with van der Waals surface area (Å²) in [6.07, 6.45) is 0.377. The molecule has 6 rings (SSSR count). The van der Waals surface area contributed by atoms with E-state index >= 15 is 0 Å². The van der Waals surface area contributed by atoms with Crippen molar-refractivity contribution in [2.75, 3.05) is 25.6 Å². The van der Waals surface area contributed by atoms with E-state index in [1.807, 2.05) is 60.7 Å². The molecule has 2 unspecified atom stereocenters. The zero-order chi connectivity index (χ0) is 32.3. The molecule has 0 bridgehead atoms. The number of fused-ring (bicyclic) bond motifs is 1. The summed E-state index contributed by atoms with van der Waals surface area (Å²) in [6.45, 7) is -0.311. The van der Waals surface area contributed by atoms with Crippen molar-refractivity contribution >= 4 is 67.7 Å². The van der Waals surface area contributed by atoms with Gasteiger partial charge in [0.15, 0.2) is 12.6 Å². The third-order valence-corrected chi connectivity index (χ3v) is 16.7. The molecule has 1 N–H and O–H groups in total. The SMILES string of the molecule is COC(=O)C1N2C(=O)[C@@H](NC(=O)COc3ccccc3)[C@H]2[S@@](=O)CC1(Br)C[P+](c1ccccc1)(c1ccccc1)c1ccccc1. The van der Waals surface area contributed by atoms with Gasteiger partial charge >= 0.3 is 5.97 Å². The van der Waals surface area contributed by atoms with Crippen LogP contribution in [0.5, 0.6) is 5.75 Å². The van der Waals surface area contributed by atoms with E-state index in [9.17, 15) is 18.6 Å². The number of para-hydroxylation sites is 1. The van der Waals surface area contributed by atoms with E-state index in [2.05, 4.69) is 57.6 Å². The fourth-order valence-electron chi connectivity index (χ4n) is 6.43. The number of carbonyl (C=O) groups is 3. The quantitative estimate of drug-likeness (QED) is 0.117. The van der Waals surface area contributed by atoms with Gasteiger partial charge in [0.05, 0.1) is 13.3 Å². The molecule has 2 aliphatic heterocycles. The summed E-state index contributed by atoms with van der Waals surface area (Å²) in [6, 6.07) is 37.2. The number of halogens is 1. The first-order chi connectivity index (χ1) is 22.3. The smallest absolute Gasteiger partial charge is 0.330 e. The molecule has 0 aliphatic carbocycles. The minimum Gasteiger partial charge on any atom is -0.484 e. The van der Waals surface area contributed by atoms with E-state index in [1.165, 1.54) is 12.0 Å². The Morgan fingerprint density at radius 2 is 1.35 bits per heavy atom. The summed E-state index contributed by atoms with van der Waals surface area (Å²) in [5, 5.41) is 5.05. The number of β-lactam (4-membered cyclic amide) rings is 1. The van der Waals surface area contributed by atoms with Crippen molar-refractivity contribution in [3.63, 3.8) is 0 Å². The minimum atomic E-state index is -2.53. The Bertz CT molecular complexity index is 1640. The Hall–Kier alpha value is -3.85. The van der Waals surface area contributed by atoms with Gasteiger partial charge in [0.1, 0.15) is 44.7 Å². The molecule has 236 valence electrons. The fraction of sp³-hybridized carbons (Fsp3) is 0.229. The van der Waals surface area contributed by atoms with Gasteiger partial charge in [0, 0.05) is 16.6 Å². The second-order valence-electron chi connectivity index (χ2n) is 11.2. The van der Waals surface area contributed by atoms with Crippen LogP contribution in [0.3, 0.4) is 0 Å². The molecule has 0 radical (unpaired) electrons. The van der Waals surface area contributed by atoms with Gasteiger partial charge in [-0.1, -0.05) is 88.7 Å². The van der Waals surface area contributed by atoms with Crippen LogP contribution < -0.4 is 26.0 Å². The van der Waals surface area contributed by atoms with Crippen LogP contribution in [-0.2, 0) is 29.9 Å². The molecular weight excluding hydrogens is 687 g/mol. The van der Waals surface area contributed by atoms with Gasteiger partial charge in [0.2, 0.25) is 5.91 Å². The first kappa shape index (κ1) is 32.1. The van der Waals surface area contributed by atoms with Crippen LogP contribution in [0.4, 0.5) is 0 Å². The van der Waals surface area contributed by atoms with Gasteiger partial charge in [-0.05, 0) is 48.5 Å². The summed E-state index contributed by atoms with van der Waals surface area (Å²) in [7, 11) is -2.88. The number of carbonyl (C=O) groups excluding carboxylic acids is 3. The highest BCUT2D eigenvalue weighted by molar-refractivity contribution is 9.10. The number of amides is 2. The number of hydrogen-bond donors (Lipinski definition) is 1. The number of hydrogen-bond acceptors (Lipinski definition) is 6. The van der Waals surface area contributed by atoms with Gasteiger partial charge in [-0.2, -0.15) is 0 Å². The molecule has 46 heavy (non-hydrogen) atoms. The maximum atomic E-state index is 14.1. The van der Waals surface area contributed by atoms with E-state index < -0.39 is 57.6 Å². The standard InChI is InChI=1S/C35H32BrN2O6PS/c1-43-34(41)31-35(36,24-46(42)33-30(32(40)38(31)33)37-29(39)22-44-25-14-6-2-7-15-25)23-45(26-16-8-3-9-17-26,27-18-10-4-11-19-27)28-20-12-5-13-21-28/h2-21,30-31,33H,22-24H2,1H3/p+1/t30-,31?,33-,35?,46+/m1/s1. The highest BCUT2D eigenvalue weighted by Crippen LogP contribution is 2.60. The Morgan fingerprint density at radius 3 is 1.83 bits per heavy atom. The number of benzene rings is 4. The zero-order valence-electron chi connectivity index (χ0n) is 25.0. The average Bonchev–Trinajstić information content (AvgIpc) is 3.10. The third-order valence-electron chi connectivity index (χ3n) is 8.44. The van der Waals surface area contributed by atoms with Crippen molar-refractivity contribution in [2.24, 2.45) is 0 Å². The number of rotatable bonds is 10. The molecule has 0 aromatic heterocycles. The lowest BCUT2D eigenvalue weighted by atomic mass is 9.94. The Kier molecular flexibility index (Phi) is 9.41. The van der Waals surface area contributed by atoms with E-state index in [4.69, 9.17) is 9.47 Å². The molecule has 2 amide bonds. The van der Waals surface area contributed by atoms with Crippen LogP contribution in [0.1, 0.15) is 0 Å². The van der Waals surface area contributed by atoms with Crippen LogP contribution in [0.15, 0.2) is 121 Å². The summed E-state index contributed by atoms with van der Waals surface area (Å²) < 4.78 is 23.8. The van der Waals surface area contributed by atoms with E-state index in [0.717, 1.165) is 15.9 Å². The van der Waals surface area contributed by atoms with Gasteiger partial charge in [-0.15, -0.1) is 0 Å². The predicted molar refractivity (Wildman–Crippen MR) is 185 cm³/mol. The summed E-state index contributed by atoms with van der Waals surface area (Å²) in [4.78, 5) is 41.6. The highest BCUT2D eigenvalue weighted by Gasteiger charge is 2.68. The number of alkyl halides is 1. The summed E-state index contributed by atoms with van der Waals surface area (Å²) >= 11 is 3.96. The van der Waals surface area contributed by atoms with Crippen LogP contribution in [0.2, 0.25) is 0 Å². The minimum absolute atomic E-state index is 0.0579. The Balaban J connectivity index is 1.36.